The maximum Gasteiger partial charge on any atom is 0.318 e. The fourth-order valence-electron chi connectivity index (χ4n) is 2.11. The van der Waals surface area contributed by atoms with Gasteiger partial charge in [0.1, 0.15) is 0 Å². The maximum absolute atomic E-state index is 5.68. The molecule has 108 valence electrons. The summed E-state index contributed by atoms with van der Waals surface area (Å²) in [6.07, 6.45) is 2.56. The fraction of sp³-hybridized carbons (Fsp3) is 0.846. The average Bonchev–Trinajstić information content (AvgIpc) is 3.04. The Morgan fingerprint density at radius 3 is 2.89 bits per heavy atom. The molecule has 0 saturated carbocycles. The van der Waals surface area contributed by atoms with Crippen LogP contribution in [-0.2, 0) is 11.3 Å². The lowest BCUT2D eigenvalue weighted by molar-refractivity contribution is 0.115. The molecule has 0 bridgehead atoms. The zero-order valence-corrected chi connectivity index (χ0v) is 12.1. The van der Waals surface area contributed by atoms with E-state index in [0.29, 0.717) is 30.6 Å². The van der Waals surface area contributed by atoms with E-state index in [1.807, 2.05) is 0 Å². The van der Waals surface area contributed by atoms with Crippen LogP contribution in [0.2, 0.25) is 0 Å². The summed E-state index contributed by atoms with van der Waals surface area (Å²) in [4.78, 5) is 2.09. The molecule has 6 heteroatoms. The van der Waals surface area contributed by atoms with Gasteiger partial charge in [-0.2, -0.15) is 0 Å². The van der Waals surface area contributed by atoms with Crippen LogP contribution in [0.3, 0.4) is 0 Å². The Morgan fingerprint density at radius 1 is 1.42 bits per heavy atom. The van der Waals surface area contributed by atoms with E-state index >= 15 is 0 Å². The Balaban J connectivity index is 1.90. The van der Waals surface area contributed by atoms with Crippen molar-refractivity contribution < 1.29 is 9.15 Å². The van der Waals surface area contributed by atoms with Gasteiger partial charge in [-0.1, -0.05) is 18.9 Å². The first kappa shape index (κ1) is 14.3. The Labute approximate surface area is 114 Å². The average molecular weight is 268 g/mol. The first-order chi connectivity index (χ1) is 9.19. The standard InChI is InChI=1S/C13H24N4O2/c1-4-17(9-11-6-5-7-18-11)13-16-15-12(19-13)8-14-10(2)3/h10-11,14H,4-9H2,1-3H3. The number of aromatic nitrogens is 2. The van der Waals surface area contributed by atoms with E-state index in [9.17, 15) is 0 Å². The number of likely N-dealkylation sites (N-methyl/N-ethyl adjacent to an activating group) is 1. The van der Waals surface area contributed by atoms with Gasteiger partial charge in [0.25, 0.3) is 0 Å². The van der Waals surface area contributed by atoms with Crippen LogP contribution in [0.15, 0.2) is 4.42 Å². The summed E-state index contributed by atoms with van der Waals surface area (Å²) < 4.78 is 11.3. The second kappa shape index (κ2) is 6.86. The first-order valence-corrected chi connectivity index (χ1v) is 7.11. The highest BCUT2D eigenvalue weighted by molar-refractivity contribution is 5.24. The monoisotopic (exact) mass is 268 g/mol. The van der Waals surface area contributed by atoms with Gasteiger partial charge in [-0.3, -0.25) is 0 Å². The van der Waals surface area contributed by atoms with Gasteiger partial charge in [-0.05, 0) is 19.8 Å². The third-order valence-electron chi connectivity index (χ3n) is 3.22. The van der Waals surface area contributed by atoms with Crippen molar-refractivity contribution in [3.8, 4) is 0 Å². The summed E-state index contributed by atoms with van der Waals surface area (Å²) in [6, 6.07) is 1.00. The first-order valence-electron chi connectivity index (χ1n) is 7.11. The Hall–Kier alpha value is -1.14. The highest BCUT2D eigenvalue weighted by atomic mass is 16.5. The van der Waals surface area contributed by atoms with E-state index in [4.69, 9.17) is 9.15 Å². The predicted octanol–water partition coefficient (Wildman–Crippen LogP) is 1.57. The van der Waals surface area contributed by atoms with E-state index in [2.05, 4.69) is 41.2 Å². The molecule has 1 N–H and O–H groups in total. The van der Waals surface area contributed by atoms with Gasteiger partial charge in [0, 0.05) is 25.7 Å². The van der Waals surface area contributed by atoms with E-state index in [-0.39, 0.29) is 0 Å². The Kier molecular flexibility index (Phi) is 5.15. The summed E-state index contributed by atoms with van der Waals surface area (Å²) in [5, 5.41) is 11.5. The fourth-order valence-corrected chi connectivity index (χ4v) is 2.11. The van der Waals surface area contributed by atoms with E-state index in [1.54, 1.807) is 0 Å². The maximum atomic E-state index is 5.68. The van der Waals surface area contributed by atoms with Crippen LogP contribution in [0, 0.1) is 0 Å². The van der Waals surface area contributed by atoms with Crippen LogP contribution in [0.1, 0.15) is 39.5 Å². The molecule has 2 rings (SSSR count). The number of nitrogens with one attached hydrogen (secondary N) is 1. The highest BCUT2D eigenvalue weighted by Crippen LogP contribution is 2.18. The molecular weight excluding hydrogens is 244 g/mol. The molecule has 1 aromatic heterocycles. The minimum Gasteiger partial charge on any atom is -0.407 e. The number of hydrogen-bond donors (Lipinski definition) is 1. The van der Waals surface area contributed by atoms with E-state index in [1.165, 1.54) is 0 Å². The van der Waals surface area contributed by atoms with Crippen LogP contribution < -0.4 is 10.2 Å². The third-order valence-corrected chi connectivity index (χ3v) is 3.22. The molecule has 0 spiro atoms. The largest absolute Gasteiger partial charge is 0.407 e. The smallest absolute Gasteiger partial charge is 0.318 e. The molecule has 1 aromatic rings. The Bertz CT molecular complexity index is 374. The highest BCUT2D eigenvalue weighted by Gasteiger charge is 2.21. The van der Waals surface area contributed by atoms with Crippen LogP contribution in [-0.4, -0.2) is 42.0 Å². The molecule has 1 atom stereocenters. The normalized spacial score (nSPS) is 19.3. The van der Waals surface area contributed by atoms with Crippen LogP contribution in [0.4, 0.5) is 6.01 Å². The number of rotatable bonds is 7. The minimum absolute atomic E-state index is 0.295. The SMILES string of the molecule is CCN(CC1CCCO1)c1nnc(CNC(C)C)o1. The van der Waals surface area contributed by atoms with Crippen molar-refractivity contribution in [1.82, 2.24) is 15.5 Å². The van der Waals surface area contributed by atoms with Crippen LogP contribution in [0.5, 0.6) is 0 Å². The molecular formula is C13H24N4O2. The van der Waals surface area contributed by atoms with Gasteiger partial charge in [0.2, 0.25) is 5.89 Å². The number of hydrogen-bond acceptors (Lipinski definition) is 6. The van der Waals surface area contributed by atoms with Crippen molar-refractivity contribution in [2.24, 2.45) is 0 Å². The molecule has 19 heavy (non-hydrogen) atoms. The molecule has 0 aromatic carbocycles. The molecule has 0 aliphatic carbocycles. The molecule has 1 aliphatic heterocycles. The summed E-state index contributed by atoms with van der Waals surface area (Å²) in [6.45, 7) is 9.43. The lowest BCUT2D eigenvalue weighted by atomic mass is 10.2. The van der Waals surface area contributed by atoms with Crippen molar-refractivity contribution in [1.29, 1.82) is 0 Å². The van der Waals surface area contributed by atoms with Crippen molar-refractivity contribution in [2.75, 3.05) is 24.6 Å². The van der Waals surface area contributed by atoms with E-state index < -0.39 is 0 Å². The molecule has 1 unspecified atom stereocenters. The molecule has 1 fully saturated rings. The lowest BCUT2D eigenvalue weighted by Gasteiger charge is -2.21. The predicted molar refractivity (Wildman–Crippen MR) is 73.1 cm³/mol. The zero-order chi connectivity index (χ0) is 13.7. The number of ether oxygens (including phenoxy) is 1. The second-order valence-corrected chi connectivity index (χ2v) is 5.19. The Morgan fingerprint density at radius 2 is 2.26 bits per heavy atom. The number of nitrogens with zero attached hydrogens (tertiary/aromatic N) is 3. The molecule has 1 aliphatic rings. The number of anilines is 1. The quantitative estimate of drug-likeness (QED) is 0.810. The van der Waals surface area contributed by atoms with Gasteiger partial charge >= 0.3 is 6.01 Å². The molecule has 0 amide bonds. The summed E-state index contributed by atoms with van der Waals surface area (Å²) >= 11 is 0. The van der Waals surface area contributed by atoms with Crippen molar-refractivity contribution >= 4 is 6.01 Å². The summed E-state index contributed by atoms with van der Waals surface area (Å²) in [5.41, 5.74) is 0. The van der Waals surface area contributed by atoms with Gasteiger partial charge in [0.15, 0.2) is 0 Å². The zero-order valence-electron chi connectivity index (χ0n) is 12.1. The summed E-state index contributed by atoms with van der Waals surface area (Å²) in [7, 11) is 0. The van der Waals surface area contributed by atoms with Crippen LogP contribution >= 0.6 is 0 Å². The molecule has 6 nitrogen and oxygen atoms in total. The third kappa shape index (κ3) is 4.18. The van der Waals surface area contributed by atoms with Crippen molar-refractivity contribution in [3.05, 3.63) is 5.89 Å². The second-order valence-electron chi connectivity index (χ2n) is 5.19. The van der Waals surface area contributed by atoms with Gasteiger partial charge in [-0.25, -0.2) is 0 Å². The van der Waals surface area contributed by atoms with Gasteiger partial charge < -0.3 is 19.4 Å². The molecule has 1 saturated heterocycles. The van der Waals surface area contributed by atoms with Crippen molar-refractivity contribution in [2.45, 2.75) is 52.3 Å². The lowest BCUT2D eigenvalue weighted by Crippen LogP contribution is -2.32. The minimum atomic E-state index is 0.295. The van der Waals surface area contributed by atoms with Gasteiger partial charge in [-0.15, -0.1) is 5.10 Å². The van der Waals surface area contributed by atoms with E-state index in [0.717, 1.165) is 32.5 Å². The van der Waals surface area contributed by atoms with Gasteiger partial charge in [0.05, 0.1) is 12.6 Å². The summed E-state index contributed by atoms with van der Waals surface area (Å²) in [5.74, 6) is 0.634. The topological polar surface area (TPSA) is 63.4 Å². The van der Waals surface area contributed by atoms with Crippen LogP contribution in [0.25, 0.3) is 0 Å². The molecule has 0 radical (unpaired) electrons. The van der Waals surface area contributed by atoms with Crippen molar-refractivity contribution in [3.63, 3.8) is 0 Å². The molecule has 2 heterocycles.